The average Bonchev–Trinajstić information content (AvgIpc) is 2.86. The minimum Gasteiger partial charge on any atom is -0.482 e. The van der Waals surface area contributed by atoms with Gasteiger partial charge in [-0.2, -0.15) is 0 Å². The number of carbonyl (C=O) groups is 1. The van der Waals surface area contributed by atoms with Crippen LogP contribution in [0.1, 0.15) is 4.88 Å². The average molecular weight is 264 g/mol. The van der Waals surface area contributed by atoms with Crippen LogP contribution < -0.4 is 9.64 Å². The molecule has 1 aromatic carbocycles. The summed E-state index contributed by atoms with van der Waals surface area (Å²) in [7, 11) is 0. The molecule has 18 heavy (non-hydrogen) atoms. The minimum atomic E-state index is -0.388. The lowest BCUT2D eigenvalue weighted by atomic mass is 10.2. The fourth-order valence-electron chi connectivity index (χ4n) is 1.82. The van der Waals surface area contributed by atoms with Crippen LogP contribution in [0.15, 0.2) is 29.9 Å². The summed E-state index contributed by atoms with van der Waals surface area (Å²) in [5.41, 5.74) is 2.17. The summed E-state index contributed by atoms with van der Waals surface area (Å²) in [6, 6.07) is 4.17. The van der Waals surface area contributed by atoms with E-state index in [0.717, 1.165) is 4.88 Å². The minimum absolute atomic E-state index is 0.0164. The smallest absolute Gasteiger partial charge is 0.265 e. The van der Waals surface area contributed by atoms with E-state index >= 15 is 0 Å². The van der Waals surface area contributed by atoms with Gasteiger partial charge in [-0.25, -0.2) is 4.39 Å². The Bertz CT molecular complexity index is 586. The summed E-state index contributed by atoms with van der Waals surface area (Å²) in [5.74, 6) is -0.0385. The van der Waals surface area contributed by atoms with E-state index in [4.69, 9.17) is 4.74 Å². The lowest BCUT2D eigenvalue weighted by Gasteiger charge is -2.28. The van der Waals surface area contributed by atoms with Crippen LogP contribution in [-0.4, -0.2) is 17.5 Å². The number of amides is 1. The molecule has 3 rings (SSSR count). The molecule has 6 heteroatoms. The number of nitrogens with zero attached hydrogens (tertiary/aromatic N) is 2. The lowest BCUT2D eigenvalue weighted by Crippen LogP contribution is -2.38. The zero-order valence-electron chi connectivity index (χ0n) is 9.30. The van der Waals surface area contributed by atoms with E-state index in [2.05, 4.69) is 4.98 Å². The highest BCUT2D eigenvalue weighted by Crippen LogP contribution is 2.33. The van der Waals surface area contributed by atoms with Crippen molar-refractivity contribution in [3.05, 3.63) is 40.6 Å². The molecule has 0 atom stereocenters. The summed E-state index contributed by atoms with van der Waals surface area (Å²) < 4.78 is 18.5. The number of halogens is 1. The Morgan fingerprint density at radius 1 is 1.50 bits per heavy atom. The van der Waals surface area contributed by atoms with Gasteiger partial charge >= 0.3 is 0 Å². The zero-order valence-corrected chi connectivity index (χ0v) is 10.1. The molecule has 1 aliphatic heterocycles. The van der Waals surface area contributed by atoms with Gasteiger partial charge in [-0.1, -0.05) is 0 Å². The Hall–Kier alpha value is -1.95. The van der Waals surface area contributed by atoms with Crippen molar-refractivity contribution in [3.8, 4) is 5.75 Å². The maximum atomic E-state index is 13.3. The predicted molar refractivity (Wildman–Crippen MR) is 65.2 cm³/mol. The first-order chi connectivity index (χ1) is 8.74. The number of carbonyl (C=O) groups excluding carboxylic acids is 1. The second kappa shape index (κ2) is 4.38. The van der Waals surface area contributed by atoms with E-state index in [1.807, 2.05) is 0 Å². The van der Waals surface area contributed by atoms with Gasteiger partial charge in [0.05, 0.1) is 17.7 Å². The highest BCUT2D eigenvalue weighted by Gasteiger charge is 2.26. The molecule has 2 heterocycles. The molecule has 0 unspecified atom stereocenters. The largest absolute Gasteiger partial charge is 0.482 e. The number of aromatic nitrogens is 1. The van der Waals surface area contributed by atoms with E-state index in [-0.39, 0.29) is 18.3 Å². The van der Waals surface area contributed by atoms with Crippen molar-refractivity contribution in [2.45, 2.75) is 6.54 Å². The molecule has 0 N–H and O–H groups in total. The maximum absolute atomic E-state index is 13.3. The number of anilines is 1. The molecular weight excluding hydrogens is 255 g/mol. The second-order valence-corrected chi connectivity index (χ2v) is 4.82. The molecule has 0 spiro atoms. The standard InChI is InChI=1S/C12H9FN2O2S/c13-8-1-2-11-10(3-8)15(12(16)6-17-11)5-9-4-14-7-18-9/h1-4,7H,5-6H2. The van der Waals surface area contributed by atoms with Crippen LogP contribution in [0.2, 0.25) is 0 Å². The van der Waals surface area contributed by atoms with Gasteiger partial charge in [0.2, 0.25) is 0 Å². The first-order valence-corrected chi connectivity index (χ1v) is 6.22. The number of hydrogen-bond donors (Lipinski definition) is 0. The van der Waals surface area contributed by atoms with Gasteiger partial charge in [0.25, 0.3) is 5.91 Å². The van der Waals surface area contributed by atoms with Crippen LogP contribution >= 0.6 is 11.3 Å². The van der Waals surface area contributed by atoms with Crippen LogP contribution in [0.3, 0.4) is 0 Å². The Morgan fingerprint density at radius 2 is 2.39 bits per heavy atom. The molecule has 0 bridgehead atoms. The summed E-state index contributed by atoms with van der Waals surface area (Å²) >= 11 is 1.46. The highest BCUT2D eigenvalue weighted by atomic mass is 32.1. The van der Waals surface area contributed by atoms with Crippen molar-refractivity contribution in [1.29, 1.82) is 0 Å². The SMILES string of the molecule is O=C1COc2ccc(F)cc2N1Cc1cncs1. The molecule has 0 saturated heterocycles. The van der Waals surface area contributed by atoms with Crippen molar-refractivity contribution in [2.24, 2.45) is 0 Å². The third kappa shape index (κ3) is 1.95. The fourth-order valence-corrected chi connectivity index (χ4v) is 2.41. The van der Waals surface area contributed by atoms with Crippen molar-refractivity contribution in [3.63, 3.8) is 0 Å². The Labute approximate surface area is 107 Å². The van der Waals surface area contributed by atoms with Crippen LogP contribution in [0.25, 0.3) is 0 Å². The third-order valence-corrected chi connectivity index (χ3v) is 3.43. The van der Waals surface area contributed by atoms with Gasteiger partial charge in [0.15, 0.2) is 6.61 Å². The monoisotopic (exact) mass is 264 g/mol. The van der Waals surface area contributed by atoms with E-state index in [1.54, 1.807) is 11.7 Å². The van der Waals surface area contributed by atoms with Crippen LogP contribution in [-0.2, 0) is 11.3 Å². The first kappa shape index (κ1) is 11.2. The molecule has 1 aliphatic rings. The normalized spacial score (nSPS) is 14.3. The highest BCUT2D eigenvalue weighted by molar-refractivity contribution is 7.09. The van der Waals surface area contributed by atoms with E-state index in [9.17, 15) is 9.18 Å². The molecule has 1 aromatic heterocycles. The van der Waals surface area contributed by atoms with Crippen LogP contribution in [0, 0.1) is 5.82 Å². The van der Waals surface area contributed by atoms with Gasteiger partial charge in [-0.3, -0.25) is 9.78 Å². The Morgan fingerprint density at radius 3 is 3.17 bits per heavy atom. The molecule has 0 fully saturated rings. The number of rotatable bonds is 2. The maximum Gasteiger partial charge on any atom is 0.265 e. The summed E-state index contributed by atoms with van der Waals surface area (Å²) in [5, 5.41) is 0. The molecule has 4 nitrogen and oxygen atoms in total. The van der Waals surface area contributed by atoms with Gasteiger partial charge in [-0.15, -0.1) is 11.3 Å². The fraction of sp³-hybridized carbons (Fsp3) is 0.167. The van der Waals surface area contributed by atoms with Gasteiger partial charge in [-0.05, 0) is 12.1 Å². The Balaban J connectivity index is 1.98. The van der Waals surface area contributed by atoms with Gasteiger partial charge in [0.1, 0.15) is 11.6 Å². The summed E-state index contributed by atoms with van der Waals surface area (Å²) in [4.78, 5) is 18.3. The first-order valence-electron chi connectivity index (χ1n) is 5.34. The summed E-state index contributed by atoms with van der Waals surface area (Å²) in [6.07, 6.45) is 1.70. The van der Waals surface area contributed by atoms with Gasteiger partial charge in [0, 0.05) is 17.1 Å². The van der Waals surface area contributed by atoms with Crippen LogP contribution in [0.4, 0.5) is 10.1 Å². The quantitative estimate of drug-likeness (QED) is 0.835. The van der Waals surface area contributed by atoms with E-state index in [0.29, 0.717) is 18.0 Å². The van der Waals surface area contributed by atoms with Crippen molar-refractivity contribution in [1.82, 2.24) is 4.98 Å². The number of fused-ring (bicyclic) bond motifs is 1. The number of hydrogen-bond acceptors (Lipinski definition) is 4. The zero-order chi connectivity index (χ0) is 12.5. The second-order valence-electron chi connectivity index (χ2n) is 3.85. The van der Waals surface area contributed by atoms with E-state index in [1.165, 1.54) is 34.4 Å². The number of benzene rings is 1. The molecule has 2 aromatic rings. The number of ether oxygens (including phenoxy) is 1. The van der Waals surface area contributed by atoms with Gasteiger partial charge < -0.3 is 9.64 Å². The molecule has 0 saturated carbocycles. The molecule has 0 aliphatic carbocycles. The van der Waals surface area contributed by atoms with Crippen LogP contribution in [0.5, 0.6) is 5.75 Å². The molecular formula is C12H9FN2O2S. The van der Waals surface area contributed by atoms with Crippen molar-refractivity contribution in [2.75, 3.05) is 11.5 Å². The summed E-state index contributed by atoms with van der Waals surface area (Å²) in [6.45, 7) is 0.376. The van der Waals surface area contributed by atoms with Crippen molar-refractivity contribution >= 4 is 22.9 Å². The molecule has 1 amide bonds. The molecule has 0 radical (unpaired) electrons. The number of thiazole rings is 1. The van der Waals surface area contributed by atoms with E-state index < -0.39 is 0 Å². The Kier molecular flexibility index (Phi) is 2.71. The topological polar surface area (TPSA) is 42.4 Å². The third-order valence-electron chi connectivity index (χ3n) is 2.66. The predicted octanol–water partition coefficient (Wildman–Crippen LogP) is 2.21. The lowest BCUT2D eigenvalue weighted by molar-refractivity contribution is -0.121. The van der Waals surface area contributed by atoms with Crippen molar-refractivity contribution < 1.29 is 13.9 Å². The molecule has 92 valence electrons.